The van der Waals surface area contributed by atoms with E-state index in [1.165, 1.54) is 10.6 Å². The minimum absolute atomic E-state index is 0.204. The zero-order valence-electron chi connectivity index (χ0n) is 11.8. The van der Waals surface area contributed by atoms with Crippen LogP contribution in [0, 0.1) is 0 Å². The minimum Gasteiger partial charge on any atom is -0.337 e. The van der Waals surface area contributed by atoms with Crippen LogP contribution in [0.4, 0.5) is 4.79 Å². The van der Waals surface area contributed by atoms with E-state index in [1.807, 2.05) is 0 Å². The Morgan fingerprint density at radius 3 is 2.47 bits per heavy atom. The fraction of sp³-hybridized carbons (Fsp3) is 0.917. The maximum Gasteiger partial charge on any atom is 0.315 e. The Morgan fingerprint density at radius 1 is 1.26 bits per heavy atom. The number of hydrogen-bond donors (Lipinski definition) is 2. The molecule has 19 heavy (non-hydrogen) atoms. The Morgan fingerprint density at radius 2 is 1.95 bits per heavy atom. The van der Waals surface area contributed by atoms with Gasteiger partial charge in [-0.15, -0.1) is 0 Å². The average molecular weight is 291 g/mol. The third-order valence-electron chi connectivity index (χ3n) is 3.04. The number of nitrogens with zero attached hydrogens (tertiary/aromatic N) is 1. The number of nitrogens with one attached hydrogen (secondary N) is 2. The van der Waals surface area contributed by atoms with Crippen molar-refractivity contribution in [2.24, 2.45) is 0 Å². The summed E-state index contributed by atoms with van der Waals surface area (Å²) in [4.78, 5) is 11.4. The van der Waals surface area contributed by atoms with Crippen LogP contribution in [0.5, 0.6) is 0 Å². The van der Waals surface area contributed by atoms with Crippen molar-refractivity contribution in [3.8, 4) is 0 Å². The minimum atomic E-state index is -3.19. The van der Waals surface area contributed by atoms with Gasteiger partial charge in [0.2, 0.25) is 10.0 Å². The quantitative estimate of drug-likeness (QED) is 0.620. The smallest absolute Gasteiger partial charge is 0.315 e. The van der Waals surface area contributed by atoms with E-state index in [1.54, 1.807) is 0 Å². The summed E-state index contributed by atoms with van der Waals surface area (Å²) in [6.45, 7) is 3.28. The highest BCUT2D eigenvalue weighted by atomic mass is 32.2. The van der Waals surface area contributed by atoms with Gasteiger partial charge in [-0.3, -0.25) is 0 Å². The molecule has 0 aromatic rings. The van der Waals surface area contributed by atoms with Gasteiger partial charge >= 0.3 is 6.03 Å². The van der Waals surface area contributed by atoms with Gasteiger partial charge in [0, 0.05) is 25.7 Å². The highest BCUT2D eigenvalue weighted by molar-refractivity contribution is 7.88. The second-order valence-corrected chi connectivity index (χ2v) is 7.03. The molecule has 0 aromatic carbocycles. The van der Waals surface area contributed by atoms with Crippen LogP contribution in [0.3, 0.4) is 0 Å². The van der Waals surface area contributed by atoms with Crippen LogP contribution in [0.15, 0.2) is 0 Å². The van der Waals surface area contributed by atoms with Crippen LogP contribution >= 0.6 is 0 Å². The maximum absolute atomic E-state index is 11.6. The predicted octanol–water partition coefficient (Wildman–Crippen LogP) is 0.900. The maximum atomic E-state index is 11.6. The summed E-state index contributed by atoms with van der Waals surface area (Å²) < 4.78 is 24.6. The van der Waals surface area contributed by atoms with Gasteiger partial charge in [-0.05, 0) is 19.3 Å². The molecule has 0 saturated heterocycles. The normalized spacial score (nSPS) is 15.5. The lowest BCUT2D eigenvalue weighted by Crippen LogP contribution is -2.42. The molecule has 1 rings (SSSR count). The van der Waals surface area contributed by atoms with Crippen LogP contribution < -0.4 is 10.6 Å². The molecule has 7 heteroatoms. The molecule has 0 radical (unpaired) electrons. The van der Waals surface area contributed by atoms with Crippen molar-refractivity contribution in [3.05, 3.63) is 0 Å². The van der Waals surface area contributed by atoms with Gasteiger partial charge in [0.1, 0.15) is 0 Å². The summed E-state index contributed by atoms with van der Waals surface area (Å²) in [5.74, 6) is 0. The lowest BCUT2D eigenvalue weighted by Gasteiger charge is -2.20. The van der Waals surface area contributed by atoms with E-state index in [2.05, 4.69) is 17.6 Å². The first-order valence-corrected chi connectivity index (χ1v) is 8.77. The number of hydrogen-bond acceptors (Lipinski definition) is 3. The van der Waals surface area contributed by atoms with E-state index in [4.69, 9.17) is 0 Å². The monoisotopic (exact) mass is 291 g/mol. The van der Waals surface area contributed by atoms with Crippen LogP contribution in [-0.4, -0.2) is 50.7 Å². The van der Waals surface area contributed by atoms with Crippen molar-refractivity contribution in [1.82, 2.24) is 14.9 Å². The van der Waals surface area contributed by atoms with Gasteiger partial charge < -0.3 is 10.6 Å². The molecule has 0 bridgehead atoms. The molecule has 2 N–H and O–H groups in total. The molecule has 1 saturated carbocycles. The molecule has 1 aliphatic rings. The Labute approximate surface area is 116 Å². The molecule has 0 unspecified atom stereocenters. The fourth-order valence-electron chi connectivity index (χ4n) is 1.74. The Kier molecular flexibility index (Phi) is 6.57. The summed E-state index contributed by atoms with van der Waals surface area (Å²) in [5, 5.41) is 5.49. The molecule has 1 fully saturated rings. The number of urea groups is 1. The van der Waals surface area contributed by atoms with Crippen LogP contribution in [0.1, 0.15) is 39.0 Å². The van der Waals surface area contributed by atoms with Crippen molar-refractivity contribution in [2.45, 2.75) is 45.1 Å². The molecule has 0 spiro atoms. The Balaban J connectivity index is 2.24. The van der Waals surface area contributed by atoms with E-state index < -0.39 is 10.0 Å². The van der Waals surface area contributed by atoms with Crippen molar-refractivity contribution < 1.29 is 13.2 Å². The first-order chi connectivity index (χ1) is 8.93. The van der Waals surface area contributed by atoms with Crippen molar-refractivity contribution in [2.75, 3.05) is 25.9 Å². The second-order valence-electron chi connectivity index (χ2n) is 5.04. The highest BCUT2D eigenvalue weighted by Gasteiger charge is 2.23. The van der Waals surface area contributed by atoms with Crippen molar-refractivity contribution in [1.29, 1.82) is 0 Å². The Hall–Kier alpha value is -0.820. The average Bonchev–Trinajstić information content (AvgIpc) is 3.09. The molecule has 0 aliphatic heterocycles. The summed E-state index contributed by atoms with van der Waals surface area (Å²) in [5.41, 5.74) is 0. The summed E-state index contributed by atoms with van der Waals surface area (Å²) in [6, 6.07) is 0.111. The van der Waals surface area contributed by atoms with Gasteiger partial charge in [0.15, 0.2) is 0 Å². The number of rotatable bonds is 9. The summed E-state index contributed by atoms with van der Waals surface area (Å²) >= 11 is 0. The van der Waals surface area contributed by atoms with E-state index in [9.17, 15) is 13.2 Å². The van der Waals surface area contributed by atoms with Crippen molar-refractivity contribution >= 4 is 16.1 Å². The predicted molar refractivity (Wildman–Crippen MR) is 75.5 cm³/mol. The zero-order chi connectivity index (χ0) is 14.3. The molecule has 2 amide bonds. The number of sulfonamides is 1. The third kappa shape index (κ3) is 7.37. The van der Waals surface area contributed by atoms with Crippen LogP contribution in [-0.2, 0) is 10.0 Å². The van der Waals surface area contributed by atoms with E-state index in [0.717, 1.165) is 32.1 Å². The highest BCUT2D eigenvalue weighted by Crippen LogP contribution is 2.18. The summed E-state index contributed by atoms with van der Waals surface area (Å²) in [6.07, 6.45) is 6.22. The first-order valence-electron chi connectivity index (χ1n) is 6.93. The van der Waals surface area contributed by atoms with Gasteiger partial charge in [-0.1, -0.05) is 19.8 Å². The molecule has 6 nitrogen and oxygen atoms in total. The van der Waals surface area contributed by atoms with E-state index in [-0.39, 0.29) is 6.03 Å². The third-order valence-corrected chi connectivity index (χ3v) is 4.34. The largest absolute Gasteiger partial charge is 0.337 e. The lowest BCUT2D eigenvalue weighted by atomic mass is 10.2. The molecule has 112 valence electrons. The van der Waals surface area contributed by atoms with Gasteiger partial charge in [-0.2, -0.15) is 0 Å². The number of carbonyl (C=O) groups excluding carboxylic acids is 1. The Bertz CT molecular complexity index is 380. The standard InChI is InChI=1S/C12H25N3O3S/c1-3-4-5-9-15(19(2,17)18)10-8-13-12(16)14-11-6-7-11/h11H,3-10H2,1-2H3,(H2,13,14,16). The van der Waals surface area contributed by atoms with Gasteiger partial charge in [0.25, 0.3) is 0 Å². The SMILES string of the molecule is CCCCCN(CCNC(=O)NC1CC1)S(C)(=O)=O. The number of unbranched alkanes of at least 4 members (excludes halogenated alkanes) is 2. The van der Waals surface area contributed by atoms with Crippen LogP contribution in [0.2, 0.25) is 0 Å². The topological polar surface area (TPSA) is 78.5 Å². The molecular weight excluding hydrogens is 266 g/mol. The molecule has 0 atom stereocenters. The fourth-order valence-corrected chi connectivity index (χ4v) is 2.62. The number of carbonyl (C=O) groups is 1. The lowest BCUT2D eigenvalue weighted by molar-refractivity contribution is 0.239. The van der Waals surface area contributed by atoms with E-state index in [0.29, 0.717) is 25.7 Å². The molecule has 1 aliphatic carbocycles. The summed E-state index contributed by atoms with van der Waals surface area (Å²) in [7, 11) is -3.19. The van der Waals surface area contributed by atoms with Crippen molar-refractivity contribution in [3.63, 3.8) is 0 Å². The molecular formula is C12H25N3O3S. The van der Waals surface area contributed by atoms with Gasteiger partial charge in [-0.25, -0.2) is 17.5 Å². The van der Waals surface area contributed by atoms with Crippen LogP contribution in [0.25, 0.3) is 0 Å². The number of amides is 2. The molecule has 0 aromatic heterocycles. The molecule has 0 heterocycles. The van der Waals surface area contributed by atoms with E-state index >= 15 is 0 Å². The first kappa shape index (κ1) is 16.2. The zero-order valence-corrected chi connectivity index (χ0v) is 12.6. The second kappa shape index (κ2) is 7.69. The van der Waals surface area contributed by atoms with Gasteiger partial charge in [0.05, 0.1) is 6.26 Å².